The zero-order valence-electron chi connectivity index (χ0n) is 7.53. The molecule has 13 heavy (non-hydrogen) atoms. The highest BCUT2D eigenvalue weighted by molar-refractivity contribution is 6.15. The molecule has 0 N–H and O–H groups in total. The second kappa shape index (κ2) is 4.70. The first-order chi connectivity index (χ1) is 6.25. The third-order valence-corrected chi connectivity index (χ3v) is 2.03. The fraction of sp³-hybridized carbons (Fsp3) is 0.500. The van der Waals surface area contributed by atoms with Gasteiger partial charge in [0, 0.05) is 19.1 Å². The van der Waals surface area contributed by atoms with E-state index in [0.717, 1.165) is 0 Å². The Labute approximate surface area is 77.5 Å². The van der Waals surface area contributed by atoms with E-state index in [2.05, 4.69) is 11.6 Å². The van der Waals surface area contributed by atoms with Crippen LogP contribution in [0.3, 0.4) is 0 Å². The van der Waals surface area contributed by atoms with Crippen molar-refractivity contribution in [2.75, 3.05) is 6.54 Å². The molecular formula is C10H13NO2. The molecule has 0 radical (unpaired) electrons. The zero-order chi connectivity index (χ0) is 9.68. The molecule has 0 saturated heterocycles. The van der Waals surface area contributed by atoms with E-state index in [1.54, 1.807) is 6.08 Å². The van der Waals surface area contributed by atoms with Gasteiger partial charge in [0.25, 0.3) is 0 Å². The fourth-order valence-electron chi connectivity index (χ4n) is 1.33. The predicted octanol–water partition coefficient (Wildman–Crippen LogP) is 1.18. The first kappa shape index (κ1) is 9.84. The van der Waals surface area contributed by atoms with E-state index in [9.17, 15) is 9.59 Å². The van der Waals surface area contributed by atoms with Crippen molar-refractivity contribution in [2.24, 2.45) is 10.9 Å². The summed E-state index contributed by atoms with van der Waals surface area (Å²) < 4.78 is 0. The van der Waals surface area contributed by atoms with Crippen molar-refractivity contribution in [3.8, 4) is 0 Å². The van der Waals surface area contributed by atoms with Crippen LogP contribution >= 0.6 is 0 Å². The SMILES string of the molecule is C=CCN=CC1C(=O)CCCC1=O. The van der Waals surface area contributed by atoms with Gasteiger partial charge in [-0.2, -0.15) is 0 Å². The van der Waals surface area contributed by atoms with Crippen LogP contribution in [-0.4, -0.2) is 24.3 Å². The number of ketones is 2. The largest absolute Gasteiger partial charge is 0.298 e. The smallest absolute Gasteiger partial charge is 0.148 e. The summed E-state index contributed by atoms with van der Waals surface area (Å²) in [4.78, 5) is 26.5. The minimum Gasteiger partial charge on any atom is -0.298 e. The molecule has 0 heterocycles. The lowest BCUT2D eigenvalue weighted by Gasteiger charge is -2.14. The maximum absolute atomic E-state index is 11.3. The van der Waals surface area contributed by atoms with Crippen LogP contribution in [0.5, 0.6) is 0 Å². The fourth-order valence-corrected chi connectivity index (χ4v) is 1.33. The molecule has 0 amide bonds. The number of hydrogen-bond acceptors (Lipinski definition) is 3. The standard InChI is InChI=1S/C10H13NO2/c1-2-6-11-7-8-9(12)4-3-5-10(8)13/h2,7-8H,1,3-6H2. The van der Waals surface area contributed by atoms with Crippen molar-refractivity contribution in [2.45, 2.75) is 19.3 Å². The third kappa shape index (κ3) is 2.61. The Morgan fingerprint density at radius 2 is 2.00 bits per heavy atom. The zero-order valence-corrected chi connectivity index (χ0v) is 7.53. The molecule has 3 nitrogen and oxygen atoms in total. The molecule has 0 unspecified atom stereocenters. The lowest BCUT2D eigenvalue weighted by molar-refractivity contribution is -0.132. The lowest BCUT2D eigenvalue weighted by atomic mass is 9.88. The highest BCUT2D eigenvalue weighted by atomic mass is 16.2. The predicted molar refractivity (Wildman–Crippen MR) is 50.9 cm³/mol. The normalized spacial score (nSPS) is 19.7. The highest BCUT2D eigenvalue weighted by Gasteiger charge is 2.27. The summed E-state index contributed by atoms with van der Waals surface area (Å²) in [6.45, 7) is 3.97. The Bertz CT molecular complexity index is 240. The van der Waals surface area contributed by atoms with Crippen molar-refractivity contribution >= 4 is 17.8 Å². The summed E-state index contributed by atoms with van der Waals surface area (Å²) in [5.41, 5.74) is 0. The van der Waals surface area contributed by atoms with E-state index >= 15 is 0 Å². The first-order valence-electron chi connectivity index (χ1n) is 4.42. The quantitative estimate of drug-likeness (QED) is 0.371. The number of rotatable bonds is 3. The van der Waals surface area contributed by atoms with Crippen LogP contribution in [0.25, 0.3) is 0 Å². The molecule has 1 rings (SSSR count). The van der Waals surface area contributed by atoms with Gasteiger partial charge in [-0.15, -0.1) is 6.58 Å². The van der Waals surface area contributed by atoms with Gasteiger partial charge < -0.3 is 0 Å². The second-order valence-corrected chi connectivity index (χ2v) is 3.07. The number of carbonyl (C=O) groups excluding carboxylic acids is 2. The van der Waals surface area contributed by atoms with E-state index in [4.69, 9.17) is 0 Å². The summed E-state index contributed by atoms with van der Waals surface area (Å²) in [7, 11) is 0. The average molecular weight is 179 g/mol. The van der Waals surface area contributed by atoms with Gasteiger partial charge in [-0.1, -0.05) is 6.08 Å². The Kier molecular flexibility index (Phi) is 3.55. The molecule has 70 valence electrons. The molecule has 1 fully saturated rings. The van der Waals surface area contributed by atoms with Gasteiger partial charge in [-0.05, 0) is 6.42 Å². The van der Waals surface area contributed by atoms with E-state index in [1.165, 1.54) is 6.21 Å². The summed E-state index contributed by atoms with van der Waals surface area (Å²) in [6, 6.07) is 0. The minimum absolute atomic E-state index is 0.00376. The number of nitrogens with zero attached hydrogens (tertiary/aromatic N) is 1. The van der Waals surface area contributed by atoms with Crippen LogP contribution in [0.4, 0.5) is 0 Å². The van der Waals surface area contributed by atoms with E-state index in [-0.39, 0.29) is 11.6 Å². The molecule has 1 aliphatic carbocycles. The summed E-state index contributed by atoms with van der Waals surface area (Å²) in [5, 5.41) is 0. The molecule has 1 saturated carbocycles. The maximum atomic E-state index is 11.3. The molecule has 0 spiro atoms. The monoisotopic (exact) mass is 179 g/mol. The van der Waals surface area contributed by atoms with Gasteiger partial charge in [-0.3, -0.25) is 14.6 Å². The number of hydrogen-bond donors (Lipinski definition) is 0. The van der Waals surface area contributed by atoms with Gasteiger partial charge in [0.2, 0.25) is 0 Å². The molecule has 1 aliphatic rings. The maximum Gasteiger partial charge on any atom is 0.148 e. The molecule has 0 aromatic carbocycles. The van der Waals surface area contributed by atoms with Crippen molar-refractivity contribution in [1.82, 2.24) is 0 Å². The second-order valence-electron chi connectivity index (χ2n) is 3.07. The molecule has 0 bridgehead atoms. The van der Waals surface area contributed by atoms with Crippen LogP contribution < -0.4 is 0 Å². The van der Waals surface area contributed by atoms with E-state index in [0.29, 0.717) is 25.8 Å². The Balaban J connectivity index is 2.58. The van der Waals surface area contributed by atoms with Crippen molar-refractivity contribution in [3.05, 3.63) is 12.7 Å². The molecule has 3 heteroatoms. The third-order valence-electron chi connectivity index (χ3n) is 2.03. The van der Waals surface area contributed by atoms with Gasteiger partial charge in [-0.25, -0.2) is 0 Å². The van der Waals surface area contributed by atoms with Crippen molar-refractivity contribution in [3.63, 3.8) is 0 Å². The Morgan fingerprint density at radius 1 is 1.38 bits per heavy atom. The van der Waals surface area contributed by atoms with Gasteiger partial charge in [0.05, 0.1) is 6.54 Å². The first-order valence-corrected chi connectivity index (χ1v) is 4.42. The number of aliphatic imine (C=N–C) groups is 1. The molecule has 0 atom stereocenters. The minimum atomic E-state index is -0.575. The molecular weight excluding hydrogens is 166 g/mol. The van der Waals surface area contributed by atoms with Crippen LogP contribution in [0.2, 0.25) is 0 Å². The van der Waals surface area contributed by atoms with Gasteiger partial charge >= 0.3 is 0 Å². The van der Waals surface area contributed by atoms with Crippen LogP contribution in [-0.2, 0) is 9.59 Å². The highest BCUT2D eigenvalue weighted by Crippen LogP contribution is 2.15. The topological polar surface area (TPSA) is 46.5 Å². The Morgan fingerprint density at radius 3 is 2.54 bits per heavy atom. The number of carbonyl (C=O) groups is 2. The lowest BCUT2D eigenvalue weighted by Crippen LogP contribution is -2.29. The number of Topliss-reactive ketones (excluding diaryl/α,β-unsaturated/α-hetero) is 2. The molecule has 0 aromatic heterocycles. The van der Waals surface area contributed by atoms with Crippen LogP contribution in [0.15, 0.2) is 17.6 Å². The Hall–Kier alpha value is -1.25. The average Bonchev–Trinajstić information content (AvgIpc) is 2.10. The molecule has 0 aliphatic heterocycles. The van der Waals surface area contributed by atoms with Gasteiger partial charge in [0.1, 0.15) is 17.5 Å². The summed E-state index contributed by atoms with van der Waals surface area (Å²) >= 11 is 0. The van der Waals surface area contributed by atoms with Gasteiger partial charge in [0.15, 0.2) is 0 Å². The van der Waals surface area contributed by atoms with E-state index < -0.39 is 5.92 Å². The molecule has 0 aromatic rings. The van der Waals surface area contributed by atoms with Crippen molar-refractivity contribution < 1.29 is 9.59 Å². The van der Waals surface area contributed by atoms with E-state index in [1.807, 2.05) is 0 Å². The van der Waals surface area contributed by atoms with Crippen molar-refractivity contribution in [1.29, 1.82) is 0 Å². The summed E-state index contributed by atoms with van der Waals surface area (Å²) in [6.07, 6.45) is 4.82. The van der Waals surface area contributed by atoms with Crippen LogP contribution in [0, 0.1) is 5.92 Å². The summed E-state index contributed by atoms with van der Waals surface area (Å²) in [5.74, 6) is -0.568. The van der Waals surface area contributed by atoms with Crippen LogP contribution in [0.1, 0.15) is 19.3 Å².